The molecule has 42 heavy (non-hydrogen) atoms. The molecule has 222 valence electrons. The van der Waals surface area contributed by atoms with Crippen LogP contribution in [0.25, 0.3) is 0 Å². The topological polar surface area (TPSA) is 74.2 Å². The SMILES string of the molecule is CC1(C)O[C@@H](CCO)[C@@H](C(C#CCCO[Si](c2ccccc2)(c2ccccc2)C(C)(C)C)OC(=O)c2ccccc2)O1. The molecule has 0 aliphatic carbocycles. The summed E-state index contributed by atoms with van der Waals surface area (Å²) in [7, 11) is -2.69. The maximum atomic E-state index is 13.0. The van der Waals surface area contributed by atoms with Crippen LogP contribution in [-0.4, -0.2) is 56.7 Å². The van der Waals surface area contributed by atoms with Crippen LogP contribution in [0.1, 0.15) is 57.8 Å². The number of carbonyl (C=O) groups excluding carboxylic acids is 1. The average Bonchev–Trinajstić information content (AvgIpc) is 3.28. The number of esters is 1. The molecule has 0 aromatic heterocycles. The Bertz CT molecular complexity index is 1300. The number of hydrogen-bond donors (Lipinski definition) is 1. The molecule has 1 aliphatic heterocycles. The predicted molar refractivity (Wildman–Crippen MR) is 167 cm³/mol. The number of aliphatic hydroxyl groups excluding tert-OH is 1. The van der Waals surface area contributed by atoms with Crippen LogP contribution in [0.5, 0.6) is 0 Å². The van der Waals surface area contributed by atoms with Crippen LogP contribution in [0.3, 0.4) is 0 Å². The molecule has 0 spiro atoms. The van der Waals surface area contributed by atoms with E-state index >= 15 is 0 Å². The van der Waals surface area contributed by atoms with Crippen LogP contribution < -0.4 is 10.4 Å². The number of carbonyl (C=O) groups is 1. The minimum atomic E-state index is -2.69. The molecule has 0 radical (unpaired) electrons. The van der Waals surface area contributed by atoms with E-state index in [4.69, 9.17) is 18.6 Å². The summed E-state index contributed by atoms with van der Waals surface area (Å²) in [5, 5.41) is 11.9. The van der Waals surface area contributed by atoms with Crippen LogP contribution in [-0.2, 0) is 18.6 Å². The van der Waals surface area contributed by atoms with Crippen LogP contribution in [0.4, 0.5) is 0 Å². The van der Waals surface area contributed by atoms with E-state index in [2.05, 4.69) is 81.1 Å². The molecule has 3 atom stereocenters. The lowest BCUT2D eigenvalue weighted by molar-refractivity contribution is -0.153. The second kappa shape index (κ2) is 13.8. The van der Waals surface area contributed by atoms with E-state index in [-0.39, 0.29) is 11.6 Å². The van der Waals surface area contributed by atoms with Crippen LogP contribution in [0, 0.1) is 11.8 Å². The zero-order valence-electron chi connectivity index (χ0n) is 25.2. The Morgan fingerprint density at radius 3 is 2.00 bits per heavy atom. The third-order valence-electron chi connectivity index (χ3n) is 7.38. The number of aliphatic hydroxyl groups is 1. The van der Waals surface area contributed by atoms with E-state index in [1.54, 1.807) is 38.1 Å². The fraction of sp³-hybridized carbons (Fsp3) is 0.400. The summed E-state index contributed by atoms with van der Waals surface area (Å²) in [6.45, 7) is 10.7. The average molecular weight is 587 g/mol. The largest absolute Gasteiger partial charge is 0.443 e. The fourth-order valence-electron chi connectivity index (χ4n) is 5.60. The minimum absolute atomic E-state index is 0.0836. The third kappa shape index (κ3) is 7.38. The molecule has 0 bridgehead atoms. The van der Waals surface area contributed by atoms with E-state index in [1.165, 1.54) is 10.4 Å². The lowest BCUT2D eigenvalue weighted by Crippen LogP contribution is -2.66. The summed E-state index contributed by atoms with van der Waals surface area (Å²) in [6.07, 6.45) is -1.23. The van der Waals surface area contributed by atoms with Gasteiger partial charge >= 0.3 is 5.97 Å². The second-order valence-electron chi connectivity index (χ2n) is 11.9. The van der Waals surface area contributed by atoms with Gasteiger partial charge in [-0.15, -0.1) is 0 Å². The number of benzene rings is 3. The smallest absolute Gasteiger partial charge is 0.339 e. The van der Waals surface area contributed by atoms with E-state index in [1.807, 2.05) is 18.2 Å². The molecule has 1 N–H and O–H groups in total. The Kier molecular flexibility index (Phi) is 10.4. The molecular weight excluding hydrogens is 544 g/mol. The zero-order valence-corrected chi connectivity index (χ0v) is 26.2. The van der Waals surface area contributed by atoms with Gasteiger partial charge in [0.25, 0.3) is 8.32 Å². The summed E-state index contributed by atoms with van der Waals surface area (Å²) >= 11 is 0. The van der Waals surface area contributed by atoms with Gasteiger partial charge in [-0.05, 0) is 47.8 Å². The number of hydrogen-bond acceptors (Lipinski definition) is 6. The normalized spacial score (nSPS) is 19.0. The molecule has 1 unspecified atom stereocenters. The van der Waals surface area contributed by atoms with Gasteiger partial charge < -0.3 is 23.7 Å². The molecule has 6 nitrogen and oxygen atoms in total. The van der Waals surface area contributed by atoms with Crippen molar-refractivity contribution >= 4 is 24.7 Å². The van der Waals surface area contributed by atoms with Crippen LogP contribution in [0.15, 0.2) is 91.0 Å². The van der Waals surface area contributed by atoms with E-state index in [0.717, 1.165) is 0 Å². The molecule has 0 amide bonds. The molecule has 7 heteroatoms. The van der Waals surface area contributed by atoms with Crippen molar-refractivity contribution in [3.63, 3.8) is 0 Å². The highest BCUT2D eigenvalue weighted by Gasteiger charge is 2.50. The van der Waals surface area contributed by atoms with Crippen LogP contribution in [0.2, 0.25) is 5.04 Å². The first-order valence-corrected chi connectivity index (χ1v) is 16.4. The van der Waals surface area contributed by atoms with Gasteiger partial charge in [-0.2, -0.15) is 0 Å². The molecule has 3 aromatic rings. The highest BCUT2D eigenvalue weighted by Crippen LogP contribution is 2.37. The van der Waals surface area contributed by atoms with Gasteiger partial charge in [0, 0.05) is 19.6 Å². The Morgan fingerprint density at radius 2 is 1.48 bits per heavy atom. The molecule has 1 fully saturated rings. The summed E-state index contributed by atoms with van der Waals surface area (Å²) in [5.41, 5.74) is 0.427. The van der Waals surface area contributed by atoms with Gasteiger partial charge in [0.05, 0.1) is 11.7 Å². The van der Waals surface area contributed by atoms with E-state index in [9.17, 15) is 9.90 Å². The Hall–Kier alpha value is -3.25. The lowest BCUT2D eigenvalue weighted by Gasteiger charge is -2.43. The molecule has 1 aliphatic rings. The third-order valence-corrected chi connectivity index (χ3v) is 12.4. The van der Waals surface area contributed by atoms with Crippen molar-refractivity contribution in [2.45, 2.75) is 76.6 Å². The molecule has 3 aromatic carbocycles. The maximum absolute atomic E-state index is 13.0. The van der Waals surface area contributed by atoms with Crippen molar-refractivity contribution in [2.24, 2.45) is 0 Å². The van der Waals surface area contributed by atoms with Crippen molar-refractivity contribution in [1.29, 1.82) is 0 Å². The molecule has 0 saturated carbocycles. The fourth-order valence-corrected chi connectivity index (χ4v) is 10.2. The Balaban J connectivity index is 1.58. The number of rotatable bonds is 10. The quantitative estimate of drug-likeness (QED) is 0.155. The zero-order chi connectivity index (χ0) is 30.2. The minimum Gasteiger partial charge on any atom is -0.443 e. The number of ether oxygens (including phenoxy) is 3. The summed E-state index contributed by atoms with van der Waals surface area (Å²) < 4.78 is 25.0. The predicted octanol–water partition coefficient (Wildman–Crippen LogP) is 5.08. The van der Waals surface area contributed by atoms with Crippen molar-refractivity contribution in [3.05, 3.63) is 96.6 Å². The maximum Gasteiger partial charge on any atom is 0.339 e. The Labute approximate surface area is 251 Å². The van der Waals surface area contributed by atoms with Gasteiger partial charge in [-0.25, -0.2) is 4.79 Å². The van der Waals surface area contributed by atoms with Gasteiger partial charge in [-0.3, -0.25) is 0 Å². The lowest BCUT2D eigenvalue weighted by atomic mass is 10.1. The summed E-state index contributed by atoms with van der Waals surface area (Å²) in [5.74, 6) is 4.97. The van der Waals surface area contributed by atoms with E-state index < -0.39 is 38.4 Å². The first-order chi connectivity index (χ1) is 20.1. The highest BCUT2D eigenvalue weighted by atomic mass is 28.4. The van der Waals surface area contributed by atoms with Gasteiger partial charge in [0.1, 0.15) is 6.10 Å². The molecular formula is C35H42O6Si. The van der Waals surface area contributed by atoms with Crippen LogP contribution >= 0.6 is 0 Å². The van der Waals surface area contributed by atoms with Crippen molar-refractivity contribution in [1.82, 2.24) is 0 Å². The highest BCUT2D eigenvalue weighted by molar-refractivity contribution is 6.99. The summed E-state index contributed by atoms with van der Waals surface area (Å²) in [6, 6.07) is 29.8. The van der Waals surface area contributed by atoms with Gasteiger partial charge in [0.15, 0.2) is 11.9 Å². The first kappa shape index (κ1) is 31.7. The monoisotopic (exact) mass is 586 g/mol. The van der Waals surface area contributed by atoms with Gasteiger partial charge in [-0.1, -0.05) is 111 Å². The molecule has 4 rings (SSSR count). The second-order valence-corrected chi connectivity index (χ2v) is 16.2. The summed E-state index contributed by atoms with van der Waals surface area (Å²) in [4.78, 5) is 13.0. The van der Waals surface area contributed by atoms with Crippen molar-refractivity contribution in [2.75, 3.05) is 13.2 Å². The molecule has 1 heterocycles. The Morgan fingerprint density at radius 1 is 0.929 bits per heavy atom. The molecule has 1 saturated heterocycles. The van der Waals surface area contributed by atoms with Gasteiger partial charge in [0.2, 0.25) is 0 Å². The van der Waals surface area contributed by atoms with Crippen molar-refractivity contribution < 1.29 is 28.5 Å². The first-order valence-electron chi connectivity index (χ1n) is 14.5. The van der Waals surface area contributed by atoms with Crippen molar-refractivity contribution in [3.8, 4) is 11.8 Å². The standard InChI is InChI=1S/C35H42O6Si/c1-34(2,3)42(28-19-11-7-12-20-28,29-21-13-8-14-22-29)38-26-16-15-23-30(39-33(37)27-17-9-6-10-18-27)32-31(24-25-36)40-35(4,5)41-32/h6-14,17-22,30-32,36H,16,24-26H2,1-5H3/t30?,31-,32+/m0/s1. The van der Waals surface area contributed by atoms with E-state index in [0.29, 0.717) is 25.0 Å².